The Bertz CT molecular complexity index is 1480. The van der Waals surface area contributed by atoms with Gasteiger partial charge in [-0.2, -0.15) is 0 Å². The van der Waals surface area contributed by atoms with E-state index < -0.39 is 0 Å². The van der Waals surface area contributed by atoms with Crippen molar-refractivity contribution in [1.82, 2.24) is 30.2 Å². The summed E-state index contributed by atoms with van der Waals surface area (Å²) in [6.45, 7) is 13.4. The normalized spacial score (nSPS) is 18.1. The number of rotatable bonds is 5. The van der Waals surface area contributed by atoms with Gasteiger partial charge in [-0.25, -0.2) is 15.0 Å². The molecule has 2 N–H and O–H groups in total. The van der Waals surface area contributed by atoms with Gasteiger partial charge in [-0.15, -0.1) is 0 Å². The van der Waals surface area contributed by atoms with Crippen molar-refractivity contribution in [3.63, 3.8) is 0 Å². The predicted octanol–water partition coefficient (Wildman–Crippen LogP) is 5.22. The first-order valence-corrected chi connectivity index (χ1v) is 12.4. The maximum absolute atomic E-state index is 5.25. The van der Waals surface area contributed by atoms with Crippen LogP contribution in [-0.2, 0) is 0 Å². The van der Waals surface area contributed by atoms with E-state index in [2.05, 4.69) is 51.7 Å². The number of piperazine rings is 1. The molecule has 7 nitrogen and oxygen atoms in total. The third kappa shape index (κ3) is 4.00. The molecule has 1 aliphatic heterocycles. The first-order chi connectivity index (χ1) is 16.9. The molecule has 0 radical (unpaired) electrons. The number of hydrogen-bond acceptors (Lipinski definition) is 6. The zero-order valence-corrected chi connectivity index (χ0v) is 20.6. The average molecular weight is 466 g/mol. The Morgan fingerprint density at radius 2 is 2.09 bits per heavy atom. The van der Waals surface area contributed by atoms with Crippen molar-refractivity contribution in [2.45, 2.75) is 45.1 Å². The van der Waals surface area contributed by atoms with Gasteiger partial charge in [-0.05, 0) is 62.8 Å². The monoisotopic (exact) mass is 465 g/mol. The molecule has 5 heterocycles. The van der Waals surface area contributed by atoms with Crippen LogP contribution < -0.4 is 10.2 Å². The van der Waals surface area contributed by atoms with Gasteiger partial charge in [-0.3, -0.25) is 4.98 Å². The van der Waals surface area contributed by atoms with E-state index in [9.17, 15) is 0 Å². The first kappa shape index (κ1) is 21.9. The number of hydrogen-bond donors (Lipinski definition) is 2. The Morgan fingerprint density at radius 3 is 2.86 bits per heavy atom. The van der Waals surface area contributed by atoms with Gasteiger partial charge in [0.15, 0.2) is 5.82 Å². The Kier molecular flexibility index (Phi) is 5.18. The third-order valence-electron chi connectivity index (χ3n) is 6.99. The second kappa shape index (κ2) is 8.27. The van der Waals surface area contributed by atoms with Gasteiger partial charge >= 0.3 is 0 Å². The molecule has 0 spiro atoms. The molecule has 0 unspecified atom stereocenters. The van der Waals surface area contributed by atoms with Crippen molar-refractivity contribution in [1.29, 1.82) is 0 Å². The zero-order valence-electron chi connectivity index (χ0n) is 20.6. The van der Waals surface area contributed by atoms with E-state index in [4.69, 9.17) is 9.97 Å². The number of allylic oxidation sites excluding steroid dienone is 3. The molecular weight excluding hydrogens is 434 g/mol. The molecule has 1 saturated carbocycles. The number of aromatic amines is 1. The number of nitrogens with zero attached hydrogens (tertiary/aromatic N) is 5. The highest BCUT2D eigenvalue weighted by atomic mass is 15.3. The maximum Gasteiger partial charge on any atom is 0.163 e. The van der Waals surface area contributed by atoms with Crippen molar-refractivity contribution in [2.24, 2.45) is 0 Å². The molecule has 4 aromatic heterocycles. The Hall–Kier alpha value is -3.58. The first-order valence-electron chi connectivity index (χ1n) is 12.4. The van der Waals surface area contributed by atoms with E-state index in [0.29, 0.717) is 11.7 Å². The minimum Gasteiger partial charge on any atom is -0.353 e. The van der Waals surface area contributed by atoms with E-state index in [1.165, 1.54) is 18.4 Å². The number of aromatic nitrogens is 5. The molecule has 0 amide bonds. The van der Waals surface area contributed by atoms with Crippen LogP contribution in [0.15, 0.2) is 49.5 Å². The molecule has 4 aromatic rings. The number of H-pyrrole nitrogens is 1. The number of fused-ring (bicyclic) bond motifs is 2. The molecule has 6 rings (SSSR count). The molecule has 1 aliphatic carbocycles. The predicted molar refractivity (Wildman–Crippen MR) is 143 cm³/mol. The Morgan fingerprint density at radius 1 is 1.23 bits per heavy atom. The molecule has 35 heavy (non-hydrogen) atoms. The zero-order chi connectivity index (χ0) is 24.2. The highest BCUT2D eigenvalue weighted by Gasteiger charge is 2.32. The van der Waals surface area contributed by atoms with E-state index in [-0.39, 0.29) is 5.54 Å². The minimum absolute atomic E-state index is 0.00902. The topological polar surface area (TPSA) is 82.6 Å². The lowest BCUT2D eigenvalue weighted by Gasteiger charge is -2.40. The van der Waals surface area contributed by atoms with E-state index >= 15 is 0 Å². The maximum atomic E-state index is 5.25. The highest BCUT2D eigenvalue weighted by Crippen LogP contribution is 2.45. The SMILES string of the molecule is C=C(/C=C\C)c1cc2c(-c3nc(N4CCNC(C)(C)C4)c4c(C5CC5)cncc4n3)ccnc2[nH]1. The van der Waals surface area contributed by atoms with E-state index in [1.807, 2.05) is 43.7 Å². The lowest BCUT2D eigenvalue weighted by atomic mass is 10.0. The van der Waals surface area contributed by atoms with Crippen molar-refractivity contribution >= 4 is 33.3 Å². The van der Waals surface area contributed by atoms with Crippen molar-refractivity contribution in [3.05, 3.63) is 60.7 Å². The summed E-state index contributed by atoms with van der Waals surface area (Å²) < 4.78 is 0. The van der Waals surface area contributed by atoms with Crippen LogP contribution in [0.5, 0.6) is 0 Å². The Balaban J connectivity index is 1.56. The van der Waals surface area contributed by atoms with Crippen LogP contribution in [-0.4, -0.2) is 50.1 Å². The van der Waals surface area contributed by atoms with Gasteiger partial charge in [0.05, 0.1) is 11.7 Å². The van der Waals surface area contributed by atoms with Crippen LogP contribution in [0, 0.1) is 0 Å². The summed E-state index contributed by atoms with van der Waals surface area (Å²) in [6.07, 6.45) is 12.1. The third-order valence-corrected chi connectivity index (χ3v) is 6.99. The van der Waals surface area contributed by atoms with Crippen molar-refractivity contribution < 1.29 is 0 Å². The summed E-state index contributed by atoms with van der Waals surface area (Å²) in [5.74, 6) is 2.28. The summed E-state index contributed by atoms with van der Waals surface area (Å²) in [6, 6.07) is 4.10. The molecule has 0 atom stereocenters. The van der Waals surface area contributed by atoms with E-state index in [1.54, 1.807) is 0 Å². The van der Waals surface area contributed by atoms with Gasteiger partial charge in [-0.1, -0.05) is 18.7 Å². The second-order valence-electron chi connectivity index (χ2n) is 10.3. The second-order valence-corrected chi connectivity index (χ2v) is 10.3. The van der Waals surface area contributed by atoms with Crippen LogP contribution >= 0.6 is 0 Å². The van der Waals surface area contributed by atoms with Gasteiger partial charge < -0.3 is 15.2 Å². The van der Waals surface area contributed by atoms with Crippen LogP contribution in [0.1, 0.15) is 50.8 Å². The Labute approximate surface area is 205 Å². The standard InChI is InChI=1S/C28H31N7/c1-5-6-17(2)22-13-20-19(9-10-30-25(20)32-22)26-33-23-15-29-14-21(18-7-8-18)24(23)27(34-26)35-12-11-31-28(3,4)16-35/h5-6,9-10,13-15,18,31H,2,7-8,11-12,16H2,1,3-4H3,(H,30,32)/b6-5-. The van der Waals surface area contributed by atoms with Crippen LogP contribution in [0.25, 0.3) is 38.9 Å². The lowest BCUT2D eigenvalue weighted by Crippen LogP contribution is -2.57. The molecule has 0 aromatic carbocycles. The van der Waals surface area contributed by atoms with Crippen LogP contribution in [0.2, 0.25) is 0 Å². The number of nitrogens with one attached hydrogen (secondary N) is 2. The van der Waals surface area contributed by atoms with Gasteiger partial charge in [0, 0.05) is 59.6 Å². The van der Waals surface area contributed by atoms with Gasteiger partial charge in [0.2, 0.25) is 0 Å². The summed E-state index contributed by atoms with van der Waals surface area (Å²) in [5, 5.41) is 5.78. The fraction of sp³-hybridized carbons (Fsp3) is 0.357. The number of anilines is 1. The summed E-state index contributed by atoms with van der Waals surface area (Å²) in [7, 11) is 0. The summed E-state index contributed by atoms with van der Waals surface area (Å²) >= 11 is 0. The molecule has 7 heteroatoms. The smallest absolute Gasteiger partial charge is 0.163 e. The summed E-state index contributed by atoms with van der Waals surface area (Å²) in [5.41, 5.74) is 5.83. The molecule has 2 fully saturated rings. The quantitative estimate of drug-likeness (QED) is 0.393. The molecule has 1 saturated heterocycles. The van der Waals surface area contributed by atoms with Crippen molar-refractivity contribution in [2.75, 3.05) is 24.5 Å². The fourth-order valence-corrected chi connectivity index (χ4v) is 5.15. The molecule has 2 aliphatic rings. The fourth-order valence-electron chi connectivity index (χ4n) is 5.15. The van der Waals surface area contributed by atoms with Gasteiger partial charge in [0.1, 0.15) is 11.5 Å². The summed E-state index contributed by atoms with van der Waals surface area (Å²) in [4.78, 5) is 25.3. The molecular formula is C28H31N7. The largest absolute Gasteiger partial charge is 0.353 e. The average Bonchev–Trinajstić information content (AvgIpc) is 3.59. The van der Waals surface area contributed by atoms with Crippen molar-refractivity contribution in [3.8, 4) is 11.4 Å². The highest BCUT2D eigenvalue weighted by molar-refractivity contribution is 5.98. The van der Waals surface area contributed by atoms with E-state index in [0.717, 1.165) is 64.2 Å². The van der Waals surface area contributed by atoms with Crippen LogP contribution in [0.3, 0.4) is 0 Å². The van der Waals surface area contributed by atoms with Gasteiger partial charge in [0.25, 0.3) is 0 Å². The lowest BCUT2D eigenvalue weighted by molar-refractivity contribution is 0.352. The molecule has 178 valence electrons. The van der Waals surface area contributed by atoms with Crippen LogP contribution in [0.4, 0.5) is 5.82 Å². The number of pyridine rings is 2. The minimum atomic E-state index is 0.00902. The molecule has 0 bridgehead atoms.